The number of hydrogen-bond donors (Lipinski definition) is 1. The number of ether oxygens (including phenoxy) is 4. The second-order valence-corrected chi connectivity index (χ2v) is 7.72. The van der Waals surface area contributed by atoms with Crippen LogP contribution in [0.4, 0.5) is 20.7 Å². The molecule has 0 atom stereocenters. The van der Waals surface area contributed by atoms with Crippen molar-refractivity contribution in [2.24, 2.45) is 0 Å². The summed E-state index contributed by atoms with van der Waals surface area (Å²) in [6.45, 7) is 2.01. The lowest BCUT2D eigenvalue weighted by atomic mass is 10.1. The summed E-state index contributed by atoms with van der Waals surface area (Å²) in [5.74, 6) is 0.963. The van der Waals surface area contributed by atoms with Crippen molar-refractivity contribution in [2.75, 3.05) is 19.5 Å². The van der Waals surface area contributed by atoms with Crippen molar-refractivity contribution in [3.63, 3.8) is 0 Å². The van der Waals surface area contributed by atoms with Crippen molar-refractivity contribution in [3.05, 3.63) is 64.4 Å². The number of aryl methyl sites for hydroxylation is 1. The van der Waals surface area contributed by atoms with Crippen LogP contribution in [0.25, 0.3) is 10.9 Å². The monoisotopic (exact) mass is 469 g/mol. The van der Waals surface area contributed by atoms with Crippen molar-refractivity contribution in [1.82, 2.24) is 9.97 Å². The predicted molar refractivity (Wildman–Crippen MR) is 122 cm³/mol. The topological polar surface area (TPSA) is 91.8 Å². The predicted octanol–water partition coefficient (Wildman–Crippen LogP) is 5.62. The Morgan fingerprint density at radius 2 is 1.97 bits per heavy atom. The van der Waals surface area contributed by atoms with Crippen LogP contribution in [-0.4, -0.2) is 30.3 Å². The number of benzene rings is 2. The van der Waals surface area contributed by atoms with Gasteiger partial charge in [0.25, 0.3) is 0 Å². The van der Waals surface area contributed by atoms with Gasteiger partial charge in [0.05, 0.1) is 25.4 Å². The Morgan fingerprint density at radius 1 is 1.12 bits per heavy atom. The van der Waals surface area contributed by atoms with Crippen molar-refractivity contribution >= 4 is 39.9 Å². The maximum Gasteiger partial charge on any atom is 0.513 e. The number of methoxy groups -OCH3 is 2. The molecule has 0 unspecified atom stereocenters. The maximum absolute atomic E-state index is 14.7. The zero-order valence-electron chi connectivity index (χ0n) is 18.0. The standard InChI is InChI=1S/C23H20FN3O5S/c1-13-6-16(24)18(9-19(13)32-23(28)30-3)27-22-15-7-20(29-2)21(8-17(15)25-12-26-22)31-10-14-4-5-33-11-14/h4-9,11-12H,10H2,1-3H3,(H,25,26,27). The number of thiophene rings is 1. The van der Waals surface area contributed by atoms with Gasteiger partial charge in [-0.2, -0.15) is 11.3 Å². The largest absolute Gasteiger partial charge is 0.513 e. The lowest BCUT2D eigenvalue weighted by molar-refractivity contribution is 0.121. The smallest absolute Gasteiger partial charge is 0.493 e. The first-order valence-corrected chi connectivity index (χ1v) is 10.7. The van der Waals surface area contributed by atoms with Gasteiger partial charge in [0.15, 0.2) is 11.5 Å². The van der Waals surface area contributed by atoms with Crippen LogP contribution in [0, 0.1) is 12.7 Å². The van der Waals surface area contributed by atoms with E-state index >= 15 is 0 Å². The van der Waals surface area contributed by atoms with E-state index in [0.29, 0.717) is 40.4 Å². The summed E-state index contributed by atoms with van der Waals surface area (Å²) in [5, 5.41) is 7.52. The number of rotatable bonds is 7. The number of nitrogens with zero attached hydrogens (tertiary/aromatic N) is 2. The first kappa shape index (κ1) is 22.3. The average Bonchev–Trinajstić information content (AvgIpc) is 3.34. The molecule has 0 saturated heterocycles. The number of carbonyl (C=O) groups is 1. The fourth-order valence-electron chi connectivity index (χ4n) is 3.09. The van der Waals surface area contributed by atoms with E-state index in [2.05, 4.69) is 20.0 Å². The van der Waals surface area contributed by atoms with Crippen LogP contribution in [0.1, 0.15) is 11.1 Å². The van der Waals surface area contributed by atoms with Crippen LogP contribution < -0.4 is 19.5 Å². The Hall–Kier alpha value is -3.92. The van der Waals surface area contributed by atoms with Crippen molar-refractivity contribution in [2.45, 2.75) is 13.5 Å². The summed E-state index contributed by atoms with van der Waals surface area (Å²) in [4.78, 5) is 20.0. The number of hydrogen-bond acceptors (Lipinski definition) is 9. The van der Waals surface area contributed by atoms with Crippen LogP contribution in [0.2, 0.25) is 0 Å². The molecule has 2 heterocycles. The van der Waals surface area contributed by atoms with Crippen LogP contribution >= 0.6 is 11.3 Å². The van der Waals surface area contributed by atoms with Gasteiger partial charge in [0, 0.05) is 17.5 Å². The minimum absolute atomic E-state index is 0.0660. The van der Waals surface area contributed by atoms with Gasteiger partial charge in [-0.05, 0) is 47.0 Å². The molecule has 1 N–H and O–H groups in total. The molecule has 0 spiro atoms. The Kier molecular flexibility index (Phi) is 6.55. The molecule has 0 aliphatic carbocycles. The molecule has 4 aromatic rings. The lowest BCUT2D eigenvalue weighted by Crippen LogP contribution is -2.09. The molecule has 170 valence electrons. The molecule has 2 aromatic heterocycles. The van der Waals surface area contributed by atoms with Crippen molar-refractivity contribution in [3.8, 4) is 17.2 Å². The first-order valence-electron chi connectivity index (χ1n) is 9.78. The molecule has 33 heavy (non-hydrogen) atoms. The third kappa shape index (κ3) is 4.96. The molecule has 0 aliphatic rings. The first-order chi connectivity index (χ1) is 16.0. The molecule has 0 radical (unpaired) electrons. The fourth-order valence-corrected chi connectivity index (χ4v) is 3.74. The van der Waals surface area contributed by atoms with E-state index < -0.39 is 12.0 Å². The second kappa shape index (κ2) is 9.70. The number of fused-ring (bicyclic) bond motifs is 1. The summed E-state index contributed by atoms with van der Waals surface area (Å²) < 4.78 is 35.7. The van der Waals surface area contributed by atoms with E-state index in [9.17, 15) is 9.18 Å². The van der Waals surface area contributed by atoms with Crippen LogP contribution in [0.3, 0.4) is 0 Å². The van der Waals surface area contributed by atoms with Gasteiger partial charge >= 0.3 is 6.16 Å². The molecule has 0 saturated carbocycles. The van der Waals surface area contributed by atoms with Gasteiger partial charge in [-0.1, -0.05) is 0 Å². The van der Waals surface area contributed by atoms with E-state index in [4.69, 9.17) is 14.2 Å². The Bertz CT molecular complexity index is 1300. The normalized spacial score (nSPS) is 10.7. The van der Waals surface area contributed by atoms with E-state index in [0.717, 1.165) is 5.56 Å². The van der Waals surface area contributed by atoms with E-state index in [1.807, 2.05) is 16.8 Å². The van der Waals surface area contributed by atoms with E-state index in [1.54, 1.807) is 30.4 Å². The molecule has 0 fully saturated rings. The molecular weight excluding hydrogens is 449 g/mol. The number of carbonyl (C=O) groups excluding carboxylic acids is 1. The van der Waals surface area contributed by atoms with Crippen molar-refractivity contribution < 1.29 is 28.1 Å². The van der Waals surface area contributed by atoms with Crippen LogP contribution in [-0.2, 0) is 11.3 Å². The summed E-state index contributed by atoms with van der Waals surface area (Å²) in [5.41, 5.74) is 2.13. The molecule has 0 amide bonds. The van der Waals surface area contributed by atoms with Gasteiger partial charge in [0.1, 0.15) is 30.3 Å². The number of nitrogens with one attached hydrogen (secondary N) is 1. The summed E-state index contributed by atoms with van der Waals surface area (Å²) in [6, 6.07) is 8.06. The molecule has 8 nitrogen and oxygen atoms in total. The van der Waals surface area contributed by atoms with Gasteiger partial charge < -0.3 is 24.3 Å². The quantitative estimate of drug-likeness (QED) is 0.276. The molecule has 10 heteroatoms. The Morgan fingerprint density at radius 3 is 2.70 bits per heavy atom. The second-order valence-electron chi connectivity index (χ2n) is 6.94. The maximum atomic E-state index is 14.7. The summed E-state index contributed by atoms with van der Waals surface area (Å²) in [7, 11) is 2.73. The highest BCUT2D eigenvalue weighted by molar-refractivity contribution is 7.07. The Labute approximate surface area is 192 Å². The molecule has 4 rings (SSSR count). The molecular formula is C23H20FN3O5S. The third-order valence-corrected chi connectivity index (χ3v) is 5.50. The van der Waals surface area contributed by atoms with Crippen molar-refractivity contribution in [1.29, 1.82) is 0 Å². The number of aromatic nitrogens is 2. The SMILES string of the molecule is COC(=O)Oc1cc(Nc2ncnc3cc(OCc4ccsc4)c(OC)cc23)c(F)cc1C. The van der Waals surface area contributed by atoms with Crippen LogP contribution in [0.5, 0.6) is 17.2 Å². The highest BCUT2D eigenvalue weighted by Crippen LogP contribution is 2.36. The number of anilines is 2. The van der Waals surface area contributed by atoms with Gasteiger partial charge in [-0.3, -0.25) is 0 Å². The minimum Gasteiger partial charge on any atom is -0.493 e. The zero-order valence-corrected chi connectivity index (χ0v) is 18.9. The fraction of sp³-hybridized carbons (Fsp3) is 0.174. The van der Waals surface area contributed by atoms with Gasteiger partial charge in [0.2, 0.25) is 0 Å². The third-order valence-electron chi connectivity index (χ3n) is 4.77. The van der Waals surface area contributed by atoms with E-state index in [-0.39, 0.29) is 11.4 Å². The zero-order chi connectivity index (χ0) is 23.4. The average molecular weight is 469 g/mol. The lowest BCUT2D eigenvalue weighted by Gasteiger charge is -2.15. The minimum atomic E-state index is -0.900. The molecule has 2 aromatic carbocycles. The van der Waals surface area contributed by atoms with Crippen LogP contribution in [0.15, 0.2) is 47.4 Å². The molecule has 0 aliphatic heterocycles. The van der Waals surface area contributed by atoms with Gasteiger partial charge in [-0.15, -0.1) is 0 Å². The summed E-state index contributed by atoms with van der Waals surface area (Å²) >= 11 is 1.59. The summed E-state index contributed by atoms with van der Waals surface area (Å²) in [6.07, 6.45) is 0.459. The van der Waals surface area contributed by atoms with Gasteiger partial charge in [-0.25, -0.2) is 19.2 Å². The van der Waals surface area contributed by atoms with E-state index in [1.165, 1.54) is 32.7 Å². The highest BCUT2D eigenvalue weighted by atomic mass is 32.1. The highest BCUT2D eigenvalue weighted by Gasteiger charge is 2.16. The molecule has 0 bridgehead atoms. The number of halogens is 1. The Balaban J connectivity index is 1.67.